The second kappa shape index (κ2) is 6.07. The second-order valence-corrected chi connectivity index (χ2v) is 4.21. The van der Waals surface area contributed by atoms with E-state index in [1.165, 1.54) is 11.8 Å². The molecule has 5 nitrogen and oxygen atoms in total. The zero-order chi connectivity index (χ0) is 12.8. The number of thioether (sulfide) groups is 1. The summed E-state index contributed by atoms with van der Waals surface area (Å²) in [5.41, 5.74) is 1.59. The van der Waals surface area contributed by atoms with Crippen molar-refractivity contribution in [2.45, 2.75) is 0 Å². The maximum atomic E-state index is 8.62. The molecule has 0 atom stereocenters. The summed E-state index contributed by atoms with van der Waals surface area (Å²) < 4.78 is 5.44. The molecule has 18 heavy (non-hydrogen) atoms. The van der Waals surface area contributed by atoms with Crippen LogP contribution < -0.4 is 5.32 Å². The Labute approximate surface area is 110 Å². The average molecular weight is 260 g/mol. The summed E-state index contributed by atoms with van der Waals surface area (Å²) in [6.07, 6.45) is 3.72. The number of nitriles is 1. The molecule has 1 heterocycles. The van der Waals surface area contributed by atoms with E-state index >= 15 is 0 Å². The van der Waals surface area contributed by atoms with Gasteiger partial charge in [0, 0.05) is 0 Å². The van der Waals surface area contributed by atoms with Crippen molar-refractivity contribution in [3.8, 4) is 6.19 Å². The Morgan fingerprint density at radius 2 is 2.39 bits per heavy atom. The van der Waals surface area contributed by atoms with Gasteiger partial charge in [-0.25, -0.2) is 9.98 Å². The summed E-state index contributed by atoms with van der Waals surface area (Å²) in [4.78, 5) is 8.68. The fraction of sp³-hybridized carbons (Fsp3) is 0.250. The van der Waals surface area contributed by atoms with Crippen molar-refractivity contribution in [1.29, 1.82) is 5.26 Å². The first-order valence-electron chi connectivity index (χ1n) is 5.39. The van der Waals surface area contributed by atoms with Gasteiger partial charge in [0.1, 0.15) is 6.61 Å². The highest BCUT2D eigenvalue weighted by molar-refractivity contribution is 8.13. The lowest BCUT2D eigenvalue weighted by molar-refractivity contribution is 0.348. The van der Waals surface area contributed by atoms with Gasteiger partial charge in [0.25, 0.3) is 0 Å². The maximum absolute atomic E-state index is 8.62. The number of rotatable bonds is 2. The summed E-state index contributed by atoms with van der Waals surface area (Å²) in [7, 11) is 0. The quantitative estimate of drug-likeness (QED) is 0.381. The van der Waals surface area contributed by atoms with Crippen LogP contribution in [0.1, 0.15) is 5.56 Å². The molecule has 1 aromatic carbocycles. The zero-order valence-electron chi connectivity index (χ0n) is 9.88. The largest absolute Gasteiger partial charge is 0.475 e. The van der Waals surface area contributed by atoms with E-state index in [2.05, 4.69) is 15.3 Å². The van der Waals surface area contributed by atoms with Gasteiger partial charge in [0.05, 0.1) is 17.8 Å². The topological polar surface area (TPSA) is 69.8 Å². The van der Waals surface area contributed by atoms with Gasteiger partial charge < -0.3 is 4.74 Å². The van der Waals surface area contributed by atoms with Crippen LogP contribution in [0.5, 0.6) is 0 Å². The fourth-order valence-corrected chi connectivity index (χ4v) is 1.87. The Kier molecular flexibility index (Phi) is 4.20. The molecule has 0 saturated heterocycles. The van der Waals surface area contributed by atoms with Crippen molar-refractivity contribution in [1.82, 2.24) is 5.32 Å². The number of ether oxygens (including phenoxy) is 1. The van der Waals surface area contributed by atoms with Crippen LogP contribution in [0.2, 0.25) is 0 Å². The molecule has 0 aliphatic carbocycles. The molecule has 0 saturated carbocycles. The standard InChI is InChI=1S/C12H12N4OS/c1-18-12(15-8-13)16-10-5-3-2-4-9(10)11-14-6-7-17-11/h2-5H,6-7H2,1H3,(H,15,16). The summed E-state index contributed by atoms with van der Waals surface area (Å²) in [6, 6.07) is 7.58. The minimum atomic E-state index is 0.545. The van der Waals surface area contributed by atoms with Crippen molar-refractivity contribution in [3.63, 3.8) is 0 Å². The summed E-state index contributed by atoms with van der Waals surface area (Å²) in [5, 5.41) is 11.7. The normalized spacial score (nSPS) is 14.7. The first-order chi connectivity index (χ1) is 8.85. The molecule has 0 bridgehead atoms. The first kappa shape index (κ1) is 12.5. The molecule has 1 aromatic rings. The Balaban J connectivity index is 2.36. The van der Waals surface area contributed by atoms with E-state index in [9.17, 15) is 0 Å². The predicted molar refractivity (Wildman–Crippen MR) is 73.2 cm³/mol. The molecule has 0 unspecified atom stereocenters. The number of amidine groups is 1. The van der Waals surface area contributed by atoms with E-state index in [1.807, 2.05) is 36.7 Å². The summed E-state index contributed by atoms with van der Waals surface area (Å²) in [6.45, 7) is 1.29. The minimum Gasteiger partial charge on any atom is -0.475 e. The smallest absolute Gasteiger partial charge is 0.218 e. The molecule has 0 amide bonds. The minimum absolute atomic E-state index is 0.545. The van der Waals surface area contributed by atoms with E-state index < -0.39 is 0 Å². The van der Waals surface area contributed by atoms with Gasteiger partial charge in [-0.15, -0.1) is 0 Å². The number of nitrogens with zero attached hydrogens (tertiary/aromatic N) is 3. The highest BCUT2D eigenvalue weighted by Gasteiger charge is 2.14. The monoisotopic (exact) mass is 260 g/mol. The van der Waals surface area contributed by atoms with Crippen LogP contribution in [-0.4, -0.2) is 30.5 Å². The average Bonchev–Trinajstić information content (AvgIpc) is 2.92. The molecule has 0 spiro atoms. The van der Waals surface area contributed by atoms with Crippen molar-refractivity contribution in [2.75, 3.05) is 19.4 Å². The van der Waals surface area contributed by atoms with Crippen molar-refractivity contribution >= 4 is 28.5 Å². The number of nitrogens with one attached hydrogen (secondary N) is 1. The number of hydrogen-bond donors (Lipinski definition) is 1. The van der Waals surface area contributed by atoms with Crippen LogP contribution in [0.25, 0.3) is 0 Å². The molecule has 0 fully saturated rings. The second-order valence-electron chi connectivity index (χ2n) is 3.41. The highest BCUT2D eigenvalue weighted by atomic mass is 32.2. The molecular weight excluding hydrogens is 248 g/mol. The Bertz CT molecular complexity index is 533. The fourth-order valence-electron chi connectivity index (χ4n) is 1.53. The molecule has 92 valence electrons. The molecule has 1 aliphatic rings. The van der Waals surface area contributed by atoms with E-state index in [1.54, 1.807) is 0 Å². The first-order valence-corrected chi connectivity index (χ1v) is 6.62. The molecule has 2 rings (SSSR count). The van der Waals surface area contributed by atoms with Crippen LogP contribution in [0.4, 0.5) is 5.69 Å². The van der Waals surface area contributed by atoms with E-state index in [-0.39, 0.29) is 0 Å². The van der Waals surface area contributed by atoms with Crippen molar-refractivity contribution < 1.29 is 4.74 Å². The molecule has 6 heteroatoms. The molecule has 0 radical (unpaired) electrons. The van der Waals surface area contributed by atoms with Crippen LogP contribution in [0, 0.1) is 11.5 Å². The van der Waals surface area contributed by atoms with E-state index in [0.717, 1.165) is 11.3 Å². The number of aliphatic imine (C=N–C) groups is 2. The van der Waals surface area contributed by atoms with E-state index in [0.29, 0.717) is 24.2 Å². The Morgan fingerprint density at radius 3 is 3.06 bits per heavy atom. The summed E-state index contributed by atoms with van der Waals surface area (Å²) >= 11 is 1.38. The van der Waals surface area contributed by atoms with Gasteiger partial charge in [-0.05, 0) is 18.4 Å². The third-order valence-corrected chi connectivity index (χ3v) is 2.88. The predicted octanol–water partition coefficient (Wildman–Crippen LogP) is 1.88. The number of hydrogen-bond acceptors (Lipinski definition) is 5. The molecule has 0 aromatic heterocycles. The van der Waals surface area contributed by atoms with Crippen LogP contribution in [0.3, 0.4) is 0 Å². The third kappa shape index (κ3) is 2.81. The van der Waals surface area contributed by atoms with Gasteiger partial charge in [-0.2, -0.15) is 5.26 Å². The van der Waals surface area contributed by atoms with Gasteiger partial charge in [-0.3, -0.25) is 5.32 Å². The Hall–Kier alpha value is -2.00. The highest BCUT2D eigenvalue weighted by Crippen LogP contribution is 2.22. The third-order valence-electron chi connectivity index (χ3n) is 2.30. The lowest BCUT2D eigenvalue weighted by atomic mass is 10.2. The van der Waals surface area contributed by atoms with Crippen molar-refractivity contribution in [2.24, 2.45) is 9.98 Å². The lowest BCUT2D eigenvalue weighted by Crippen LogP contribution is -2.13. The summed E-state index contributed by atoms with van der Waals surface area (Å²) in [5.74, 6) is 0.617. The SMILES string of the molecule is CSC(=Nc1ccccc1C1=NCCO1)NC#N. The van der Waals surface area contributed by atoms with Crippen LogP contribution in [0.15, 0.2) is 34.3 Å². The van der Waals surface area contributed by atoms with Gasteiger partial charge >= 0.3 is 0 Å². The zero-order valence-corrected chi connectivity index (χ0v) is 10.7. The van der Waals surface area contributed by atoms with Crippen molar-refractivity contribution in [3.05, 3.63) is 29.8 Å². The number of para-hydroxylation sites is 1. The lowest BCUT2D eigenvalue weighted by Gasteiger charge is -2.06. The number of benzene rings is 1. The maximum Gasteiger partial charge on any atom is 0.218 e. The molecule has 1 N–H and O–H groups in total. The van der Waals surface area contributed by atoms with Crippen LogP contribution >= 0.6 is 11.8 Å². The van der Waals surface area contributed by atoms with E-state index in [4.69, 9.17) is 10.00 Å². The molecule has 1 aliphatic heterocycles. The van der Waals surface area contributed by atoms with Gasteiger partial charge in [-0.1, -0.05) is 23.9 Å². The molecular formula is C12H12N4OS. The van der Waals surface area contributed by atoms with Gasteiger partial charge in [0.2, 0.25) is 5.90 Å². The van der Waals surface area contributed by atoms with Gasteiger partial charge in [0.15, 0.2) is 11.4 Å². The Morgan fingerprint density at radius 1 is 1.56 bits per heavy atom. The van der Waals surface area contributed by atoms with Crippen LogP contribution in [-0.2, 0) is 4.74 Å².